The highest BCUT2D eigenvalue weighted by Gasteiger charge is 2.14. The minimum absolute atomic E-state index is 0.503. The Labute approximate surface area is 134 Å². The number of ether oxygens (including phenoxy) is 1. The molecule has 0 spiro atoms. The highest BCUT2D eigenvalue weighted by molar-refractivity contribution is 9.10. The molecule has 110 valence electrons. The van der Waals surface area contributed by atoms with Gasteiger partial charge in [0.1, 0.15) is 0 Å². The van der Waals surface area contributed by atoms with Crippen LogP contribution < -0.4 is 10.6 Å². The van der Waals surface area contributed by atoms with Crippen LogP contribution in [0.25, 0.3) is 0 Å². The standard InChI is InChI=1S/C15H21BrN2OS/c16-12-6-8-13(9-7-12)18-15(20)17-10-3-11-19-14-4-1-2-5-14/h6-9,14H,1-5,10-11H2,(H2,17,18,20). The lowest BCUT2D eigenvalue weighted by molar-refractivity contribution is 0.0574. The summed E-state index contributed by atoms with van der Waals surface area (Å²) in [5.41, 5.74) is 0.993. The van der Waals surface area contributed by atoms with Crippen LogP contribution >= 0.6 is 28.1 Å². The zero-order valence-corrected chi connectivity index (χ0v) is 13.9. The summed E-state index contributed by atoms with van der Waals surface area (Å²) in [5, 5.41) is 7.02. The Morgan fingerprint density at radius 1 is 1.25 bits per heavy atom. The van der Waals surface area contributed by atoms with Gasteiger partial charge in [-0.3, -0.25) is 0 Å². The minimum atomic E-state index is 0.503. The third-order valence-corrected chi connectivity index (χ3v) is 4.14. The van der Waals surface area contributed by atoms with Crippen LogP contribution in [0, 0.1) is 0 Å². The van der Waals surface area contributed by atoms with E-state index < -0.39 is 0 Å². The number of rotatable bonds is 6. The summed E-state index contributed by atoms with van der Waals surface area (Å²) in [6.07, 6.45) is 6.60. The Bertz CT molecular complexity index is 418. The lowest BCUT2D eigenvalue weighted by Crippen LogP contribution is -2.30. The molecule has 0 unspecified atom stereocenters. The van der Waals surface area contributed by atoms with Crippen LogP contribution in [0.4, 0.5) is 5.69 Å². The van der Waals surface area contributed by atoms with Gasteiger partial charge in [0.15, 0.2) is 5.11 Å². The summed E-state index contributed by atoms with van der Waals surface area (Å²) in [6, 6.07) is 7.95. The molecule has 3 nitrogen and oxygen atoms in total. The molecule has 2 N–H and O–H groups in total. The molecule has 0 aromatic heterocycles. The molecule has 0 atom stereocenters. The maximum Gasteiger partial charge on any atom is 0.170 e. The normalized spacial score (nSPS) is 15.2. The van der Waals surface area contributed by atoms with Crippen molar-refractivity contribution in [3.05, 3.63) is 28.7 Å². The quantitative estimate of drug-likeness (QED) is 0.594. The van der Waals surface area contributed by atoms with Crippen molar-refractivity contribution < 1.29 is 4.74 Å². The second kappa shape index (κ2) is 8.60. The van der Waals surface area contributed by atoms with Gasteiger partial charge in [-0.05, 0) is 55.7 Å². The van der Waals surface area contributed by atoms with E-state index in [9.17, 15) is 0 Å². The van der Waals surface area contributed by atoms with Gasteiger partial charge < -0.3 is 15.4 Å². The molecule has 0 radical (unpaired) electrons. The molecule has 5 heteroatoms. The molecule has 0 heterocycles. The number of hydrogen-bond acceptors (Lipinski definition) is 2. The molecule has 1 fully saturated rings. The Hall–Kier alpha value is -0.650. The fourth-order valence-electron chi connectivity index (χ4n) is 2.29. The molecule has 2 rings (SSSR count). The number of anilines is 1. The zero-order valence-electron chi connectivity index (χ0n) is 11.5. The number of thiocarbonyl (C=S) groups is 1. The minimum Gasteiger partial charge on any atom is -0.378 e. The lowest BCUT2D eigenvalue weighted by Gasteiger charge is -2.13. The predicted octanol–water partition coefficient (Wildman–Crippen LogP) is 4.08. The van der Waals surface area contributed by atoms with E-state index in [0.717, 1.165) is 29.7 Å². The molecule has 1 aromatic carbocycles. The Kier molecular flexibility index (Phi) is 6.76. The van der Waals surface area contributed by atoms with Crippen molar-refractivity contribution in [1.82, 2.24) is 5.32 Å². The molecule has 0 bridgehead atoms. The molecule has 0 saturated heterocycles. The molecular formula is C15H21BrN2OS. The summed E-state index contributed by atoms with van der Waals surface area (Å²) in [6.45, 7) is 1.66. The van der Waals surface area contributed by atoms with Crippen LogP contribution in [0.2, 0.25) is 0 Å². The molecule has 1 aliphatic rings. The van der Waals surface area contributed by atoms with E-state index in [-0.39, 0.29) is 0 Å². The van der Waals surface area contributed by atoms with Crippen LogP contribution in [-0.4, -0.2) is 24.4 Å². The number of hydrogen-bond donors (Lipinski definition) is 2. The fourth-order valence-corrected chi connectivity index (χ4v) is 2.77. The van der Waals surface area contributed by atoms with Gasteiger partial charge in [0, 0.05) is 23.3 Å². The third kappa shape index (κ3) is 5.77. The molecule has 20 heavy (non-hydrogen) atoms. The van der Waals surface area contributed by atoms with Crippen molar-refractivity contribution in [2.75, 3.05) is 18.5 Å². The Balaban J connectivity index is 1.54. The van der Waals surface area contributed by atoms with Gasteiger partial charge in [-0.1, -0.05) is 28.8 Å². The fraction of sp³-hybridized carbons (Fsp3) is 0.533. The van der Waals surface area contributed by atoms with E-state index in [2.05, 4.69) is 26.6 Å². The van der Waals surface area contributed by atoms with Gasteiger partial charge in [-0.15, -0.1) is 0 Å². The first-order valence-electron chi connectivity index (χ1n) is 7.16. The number of nitrogens with one attached hydrogen (secondary N) is 2. The van der Waals surface area contributed by atoms with E-state index in [1.807, 2.05) is 24.3 Å². The summed E-state index contributed by atoms with van der Waals surface area (Å²) in [5.74, 6) is 0. The average Bonchev–Trinajstić information content (AvgIpc) is 2.94. The second-order valence-corrected chi connectivity index (χ2v) is 6.34. The van der Waals surface area contributed by atoms with E-state index in [0.29, 0.717) is 11.2 Å². The van der Waals surface area contributed by atoms with Crippen molar-refractivity contribution >= 4 is 38.9 Å². The molecule has 0 amide bonds. The van der Waals surface area contributed by atoms with Crippen LogP contribution in [0.15, 0.2) is 28.7 Å². The third-order valence-electron chi connectivity index (χ3n) is 3.36. The van der Waals surface area contributed by atoms with Gasteiger partial charge in [0.2, 0.25) is 0 Å². The van der Waals surface area contributed by atoms with Gasteiger partial charge in [0.05, 0.1) is 6.10 Å². The monoisotopic (exact) mass is 356 g/mol. The second-order valence-electron chi connectivity index (χ2n) is 5.02. The van der Waals surface area contributed by atoms with Crippen molar-refractivity contribution in [3.63, 3.8) is 0 Å². The lowest BCUT2D eigenvalue weighted by atomic mass is 10.3. The molecule has 1 saturated carbocycles. The van der Waals surface area contributed by atoms with E-state index in [4.69, 9.17) is 17.0 Å². The highest BCUT2D eigenvalue weighted by Crippen LogP contribution is 2.20. The van der Waals surface area contributed by atoms with Gasteiger partial charge in [-0.2, -0.15) is 0 Å². The molecule has 1 aliphatic carbocycles. The molecular weight excluding hydrogens is 336 g/mol. The van der Waals surface area contributed by atoms with Crippen molar-refractivity contribution in [1.29, 1.82) is 0 Å². The first kappa shape index (κ1) is 15.7. The average molecular weight is 357 g/mol. The van der Waals surface area contributed by atoms with Gasteiger partial charge in [0.25, 0.3) is 0 Å². The maximum atomic E-state index is 5.81. The van der Waals surface area contributed by atoms with Crippen molar-refractivity contribution in [2.24, 2.45) is 0 Å². The SMILES string of the molecule is S=C(NCCCOC1CCCC1)Nc1ccc(Br)cc1. The summed E-state index contributed by atoms with van der Waals surface area (Å²) in [7, 11) is 0. The Morgan fingerprint density at radius 3 is 2.65 bits per heavy atom. The van der Waals surface area contributed by atoms with Crippen molar-refractivity contribution in [2.45, 2.75) is 38.2 Å². The number of halogens is 1. The first-order valence-corrected chi connectivity index (χ1v) is 8.36. The molecule has 1 aromatic rings. The van der Waals surface area contributed by atoms with Crippen LogP contribution in [0.3, 0.4) is 0 Å². The van der Waals surface area contributed by atoms with Gasteiger partial charge >= 0.3 is 0 Å². The Morgan fingerprint density at radius 2 is 1.95 bits per heavy atom. The summed E-state index contributed by atoms with van der Waals surface area (Å²) >= 11 is 8.66. The summed E-state index contributed by atoms with van der Waals surface area (Å²) in [4.78, 5) is 0. The number of benzene rings is 1. The zero-order chi connectivity index (χ0) is 14.2. The smallest absolute Gasteiger partial charge is 0.170 e. The van der Waals surface area contributed by atoms with E-state index in [1.165, 1.54) is 25.7 Å². The van der Waals surface area contributed by atoms with Gasteiger partial charge in [-0.25, -0.2) is 0 Å². The van der Waals surface area contributed by atoms with Crippen LogP contribution in [-0.2, 0) is 4.74 Å². The van der Waals surface area contributed by atoms with Crippen LogP contribution in [0.5, 0.6) is 0 Å². The highest BCUT2D eigenvalue weighted by atomic mass is 79.9. The van der Waals surface area contributed by atoms with Crippen molar-refractivity contribution in [3.8, 4) is 0 Å². The predicted molar refractivity (Wildman–Crippen MR) is 91.2 cm³/mol. The van der Waals surface area contributed by atoms with E-state index in [1.54, 1.807) is 0 Å². The van der Waals surface area contributed by atoms with Crippen LogP contribution in [0.1, 0.15) is 32.1 Å². The topological polar surface area (TPSA) is 33.3 Å². The largest absolute Gasteiger partial charge is 0.378 e. The first-order chi connectivity index (χ1) is 9.74. The summed E-state index contributed by atoms with van der Waals surface area (Å²) < 4.78 is 6.87. The van der Waals surface area contributed by atoms with E-state index >= 15 is 0 Å². The maximum absolute atomic E-state index is 5.81. The molecule has 0 aliphatic heterocycles.